The topological polar surface area (TPSA) is 46.0 Å². The van der Waals surface area contributed by atoms with Crippen molar-refractivity contribution in [2.75, 3.05) is 0 Å². The normalized spacial score (nSPS) is 11.3. The van der Waals surface area contributed by atoms with Crippen LogP contribution >= 0.6 is 35.4 Å². The van der Waals surface area contributed by atoms with Crippen LogP contribution in [0.3, 0.4) is 0 Å². The molecule has 0 radical (unpaired) electrons. The SMILES string of the molecule is Fc1ccc(/C=N/n2c(-c3ccc(Cl)cc3Cl)n[nH]c2=S)cc1F. The highest BCUT2D eigenvalue weighted by molar-refractivity contribution is 7.71. The lowest BCUT2D eigenvalue weighted by molar-refractivity contribution is 0.508. The molecular weight excluding hydrogens is 377 g/mol. The minimum Gasteiger partial charge on any atom is -0.250 e. The van der Waals surface area contributed by atoms with E-state index in [0.29, 0.717) is 27.0 Å². The molecule has 0 spiro atoms. The third-order valence-electron chi connectivity index (χ3n) is 3.09. The average Bonchev–Trinajstić information content (AvgIpc) is 2.89. The van der Waals surface area contributed by atoms with E-state index in [1.165, 1.54) is 17.0 Å². The number of benzene rings is 2. The highest BCUT2D eigenvalue weighted by Gasteiger charge is 2.12. The summed E-state index contributed by atoms with van der Waals surface area (Å²) in [5.41, 5.74) is 0.931. The molecule has 0 aliphatic rings. The molecule has 0 unspecified atom stereocenters. The van der Waals surface area contributed by atoms with Crippen molar-refractivity contribution in [2.24, 2.45) is 5.10 Å². The van der Waals surface area contributed by atoms with Gasteiger partial charge in [-0.15, -0.1) is 0 Å². The summed E-state index contributed by atoms with van der Waals surface area (Å²) in [4.78, 5) is 0. The minimum atomic E-state index is -0.962. The average molecular weight is 385 g/mol. The summed E-state index contributed by atoms with van der Waals surface area (Å²) >= 11 is 17.2. The number of aromatic nitrogens is 3. The van der Waals surface area contributed by atoms with E-state index in [1.54, 1.807) is 18.2 Å². The first-order chi connectivity index (χ1) is 11.5. The first-order valence-electron chi connectivity index (χ1n) is 6.58. The van der Waals surface area contributed by atoms with Crippen molar-refractivity contribution in [3.05, 3.63) is 68.4 Å². The molecule has 0 aliphatic carbocycles. The maximum absolute atomic E-state index is 13.2. The largest absolute Gasteiger partial charge is 0.250 e. The van der Waals surface area contributed by atoms with Crippen LogP contribution in [0.1, 0.15) is 5.56 Å². The molecule has 1 heterocycles. The number of aromatic amines is 1. The molecule has 0 amide bonds. The van der Waals surface area contributed by atoms with Crippen molar-refractivity contribution in [3.63, 3.8) is 0 Å². The molecule has 0 saturated carbocycles. The fourth-order valence-corrected chi connectivity index (χ4v) is 2.63. The molecule has 1 aromatic heterocycles. The Balaban J connectivity index is 2.03. The quantitative estimate of drug-likeness (QED) is 0.505. The number of halogens is 4. The van der Waals surface area contributed by atoms with Gasteiger partial charge >= 0.3 is 0 Å². The van der Waals surface area contributed by atoms with Crippen LogP contribution in [0.25, 0.3) is 11.4 Å². The van der Waals surface area contributed by atoms with Crippen LogP contribution in [0.2, 0.25) is 10.0 Å². The van der Waals surface area contributed by atoms with E-state index in [2.05, 4.69) is 15.3 Å². The van der Waals surface area contributed by atoms with Crippen LogP contribution in [0.5, 0.6) is 0 Å². The molecule has 4 nitrogen and oxygen atoms in total. The van der Waals surface area contributed by atoms with Crippen LogP contribution in [-0.2, 0) is 0 Å². The van der Waals surface area contributed by atoms with Crippen LogP contribution in [0, 0.1) is 16.4 Å². The van der Waals surface area contributed by atoms with E-state index in [0.717, 1.165) is 12.1 Å². The van der Waals surface area contributed by atoms with Gasteiger partial charge in [0.1, 0.15) is 0 Å². The summed E-state index contributed by atoms with van der Waals surface area (Å²) in [6, 6.07) is 8.34. The first-order valence-corrected chi connectivity index (χ1v) is 7.74. The molecular formula is C15H8Cl2F2N4S. The molecule has 3 aromatic rings. The van der Waals surface area contributed by atoms with Crippen molar-refractivity contribution in [1.82, 2.24) is 14.9 Å². The Kier molecular flexibility index (Phi) is 4.75. The molecule has 0 aliphatic heterocycles. The van der Waals surface area contributed by atoms with Gasteiger partial charge in [-0.25, -0.2) is 13.9 Å². The summed E-state index contributed by atoms with van der Waals surface area (Å²) in [7, 11) is 0. The van der Waals surface area contributed by atoms with Gasteiger partial charge < -0.3 is 0 Å². The molecule has 0 saturated heterocycles. The van der Waals surface area contributed by atoms with E-state index in [4.69, 9.17) is 35.4 Å². The Bertz CT molecular complexity index is 997. The standard InChI is InChI=1S/C15H8Cl2F2N4S/c16-9-2-3-10(11(17)6-9)14-21-22-15(24)23(14)20-7-8-1-4-12(18)13(19)5-8/h1-7H,(H,22,24)/b20-7+. The van der Waals surface area contributed by atoms with Crippen molar-refractivity contribution < 1.29 is 8.78 Å². The maximum Gasteiger partial charge on any atom is 0.216 e. The summed E-state index contributed by atoms with van der Waals surface area (Å²) in [6.07, 6.45) is 1.33. The second kappa shape index (κ2) is 6.80. The second-order valence-corrected chi connectivity index (χ2v) is 5.94. The van der Waals surface area contributed by atoms with Gasteiger partial charge in [0.15, 0.2) is 17.5 Å². The van der Waals surface area contributed by atoms with Gasteiger partial charge in [-0.2, -0.15) is 14.9 Å². The lowest BCUT2D eigenvalue weighted by Gasteiger charge is -2.04. The van der Waals surface area contributed by atoms with E-state index >= 15 is 0 Å². The van der Waals surface area contributed by atoms with Gasteiger partial charge in [-0.1, -0.05) is 29.3 Å². The molecule has 122 valence electrons. The third-order valence-corrected chi connectivity index (χ3v) is 3.90. The van der Waals surface area contributed by atoms with Crippen LogP contribution in [-0.4, -0.2) is 21.1 Å². The van der Waals surface area contributed by atoms with Gasteiger partial charge in [0.25, 0.3) is 0 Å². The van der Waals surface area contributed by atoms with Crippen molar-refractivity contribution in [3.8, 4) is 11.4 Å². The van der Waals surface area contributed by atoms with Gasteiger partial charge in [0.2, 0.25) is 4.77 Å². The van der Waals surface area contributed by atoms with Crippen molar-refractivity contribution in [2.45, 2.75) is 0 Å². The lowest BCUT2D eigenvalue weighted by Crippen LogP contribution is -1.96. The number of H-pyrrole nitrogens is 1. The predicted molar refractivity (Wildman–Crippen MR) is 92.2 cm³/mol. The Hall–Kier alpha value is -2.09. The molecule has 1 N–H and O–H groups in total. The zero-order valence-electron chi connectivity index (χ0n) is 11.8. The third kappa shape index (κ3) is 3.38. The fraction of sp³-hybridized carbons (Fsp3) is 0. The fourth-order valence-electron chi connectivity index (χ4n) is 1.96. The first kappa shape index (κ1) is 16.8. The monoisotopic (exact) mass is 384 g/mol. The second-order valence-electron chi connectivity index (χ2n) is 4.71. The molecule has 0 fully saturated rings. The zero-order chi connectivity index (χ0) is 17.3. The predicted octanol–water partition coefficient (Wildman–Crippen LogP) is 5.07. The zero-order valence-corrected chi connectivity index (χ0v) is 14.1. The Morgan fingerprint density at radius 2 is 1.92 bits per heavy atom. The van der Waals surface area contributed by atoms with E-state index < -0.39 is 11.6 Å². The Morgan fingerprint density at radius 3 is 2.62 bits per heavy atom. The number of hydrogen-bond donors (Lipinski definition) is 1. The highest BCUT2D eigenvalue weighted by atomic mass is 35.5. The number of rotatable bonds is 3. The van der Waals surface area contributed by atoms with E-state index in [-0.39, 0.29) is 4.77 Å². The summed E-state index contributed by atoms with van der Waals surface area (Å²) in [5.74, 6) is -1.53. The molecule has 9 heteroatoms. The molecule has 0 atom stereocenters. The van der Waals surface area contributed by atoms with Crippen LogP contribution < -0.4 is 0 Å². The summed E-state index contributed by atoms with van der Waals surface area (Å²) < 4.78 is 27.7. The summed E-state index contributed by atoms with van der Waals surface area (Å²) in [6.45, 7) is 0. The minimum absolute atomic E-state index is 0.217. The van der Waals surface area contributed by atoms with Gasteiger partial charge in [0, 0.05) is 10.6 Å². The van der Waals surface area contributed by atoms with Gasteiger partial charge in [-0.05, 0) is 48.1 Å². The summed E-state index contributed by atoms with van der Waals surface area (Å²) in [5, 5.41) is 11.7. The van der Waals surface area contributed by atoms with Crippen LogP contribution in [0.15, 0.2) is 41.5 Å². The highest BCUT2D eigenvalue weighted by Crippen LogP contribution is 2.29. The number of nitrogens with one attached hydrogen (secondary N) is 1. The molecule has 0 bridgehead atoms. The molecule has 24 heavy (non-hydrogen) atoms. The maximum atomic E-state index is 13.2. The molecule has 2 aromatic carbocycles. The smallest absolute Gasteiger partial charge is 0.216 e. The molecule has 3 rings (SSSR count). The van der Waals surface area contributed by atoms with Crippen molar-refractivity contribution in [1.29, 1.82) is 0 Å². The van der Waals surface area contributed by atoms with Crippen molar-refractivity contribution >= 4 is 41.6 Å². The Morgan fingerprint density at radius 1 is 1.12 bits per heavy atom. The van der Waals surface area contributed by atoms with Crippen LogP contribution in [0.4, 0.5) is 8.78 Å². The lowest BCUT2D eigenvalue weighted by atomic mass is 10.2. The van der Waals surface area contributed by atoms with Gasteiger partial charge in [-0.3, -0.25) is 0 Å². The van der Waals surface area contributed by atoms with E-state index in [9.17, 15) is 8.78 Å². The van der Waals surface area contributed by atoms with Gasteiger partial charge in [0.05, 0.1) is 11.2 Å². The Labute approximate surface area is 150 Å². The van der Waals surface area contributed by atoms with E-state index in [1.807, 2.05) is 0 Å². The number of nitrogens with zero attached hydrogens (tertiary/aromatic N) is 3. The number of hydrogen-bond acceptors (Lipinski definition) is 3.